The Bertz CT molecular complexity index is 892. The number of carbonyl (C=O) groups is 2. The molecule has 8 heteroatoms. The first-order chi connectivity index (χ1) is 14.8. The van der Waals surface area contributed by atoms with Crippen molar-refractivity contribution in [3.63, 3.8) is 0 Å². The molecular formula is C23H26F3N3O2. The molecule has 166 valence electrons. The lowest BCUT2D eigenvalue weighted by atomic mass is 10.1. The number of amides is 2. The second-order valence-corrected chi connectivity index (χ2v) is 7.61. The van der Waals surface area contributed by atoms with Crippen molar-refractivity contribution in [3.8, 4) is 0 Å². The highest BCUT2D eigenvalue weighted by Crippen LogP contribution is 2.30. The fourth-order valence-corrected chi connectivity index (χ4v) is 3.56. The summed E-state index contributed by atoms with van der Waals surface area (Å²) < 4.78 is 38.2. The van der Waals surface area contributed by atoms with E-state index in [1.54, 1.807) is 0 Å². The number of nitrogens with zero attached hydrogens (tertiary/aromatic N) is 1. The van der Waals surface area contributed by atoms with Gasteiger partial charge < -0.3 is 15.5 Å². The van der Waals surface area contributed by atoms with Crippen molar-refractivity contribution in [2.75, 3.05) is 29.9 Å². The van der Waals surface area contributed by atoms with Crippen LogP contribution in [0.5, 0.6) is 0 Å². The molecule has 0 spiro atoms. The predicted octanol–water partition coefficient (Wildman–Crippen LogP) is 4.38. The monoisotopic (exact) mass is 433 g/mol. The van der Waals surface area contributed by atoms with Crippen molar-refractivity contribution >= 4 is 23.2 Å². The zero-order valence-electron chi connectivity index (χ0n) is 17.2. The first-order valence-electron chi connectivity index (χ1n) is 10.4. The molecule has 5 nitrogen and oxygen atoms in total. The van der Waals surface area contributed by atoms with Gasteiger partial charge >= 0.3 is 18.0 Å². The zero-order chi connectivity index (χ0) is 22.3. The van der Waals surface area contributed by atoms with Crippen LogP contribution < -0.4 is 15.5 Å². The molecule has 0 atom stereocenters. The molecule has 0 radical (unpaired) electrons. The summed E-state index contributed by atoms with van der Waals surface area (Å²) in [5.41, 5.74) is 1.40. The lowest BCUT2D eigenvalue weighted by molar-refractivity contribution is -0.137. The van der Waals surface area contributed by atoms with Crippen LogP contribution in [0.1, 0.15) is 36.8 Å². The van der Waals surface area contributed by atoms with Crippen LogP contribution in [-0.4, -0.2) is 31.4 Å². The van der Waals surface area contributed by atoms with Crippen molar-refractivity contribution in [2.45, 2.75) is 38.3 Å². The summed E-state index contributed by atoms with van der Waals surface area (Å²) in [6.07, 6.45) is 0.611. The fourth-order valence-electron chi connectivity index (χ4n) is 3.56. The van der Waals surface area contributed by atoms with Gasteiger partial charge in [-0.15, -0.1) is 0 Å². The summed E-state index contributed by atoms with van der Waals surface area (Å²) in [6.45, 7) is 2.48. The van der Waals surface area contributed by atoms with Crippen LogP contribution in [0.2, 0.25) is 0 Å². The summed E-state index contributed by atoms with van der Waals surface area (Å²) in [4.78, 5) is 26.2. The molecule has 2 aromatic carbocycles. The van der Waals surface area contributed by atoms with Crippen molar-refractivity contribution in [3.05, 3.63) is 59.7 Å². The highest BCUT2D eigenvalue weighted by atomic mass is 19.4. The van der Waals surface area contributed by atoms with Crippen molar-refractivity contribution in [1.82, 2.24) is 5.32 Å². The van der Waals surface area contributed by atoms with Gasteiger partial charge in [-0.2, -0.15) is 13.2 Å². The smallest absolute Gasteiger partial charge is 0.372 e. The van der Waals surface area contributed by atoms with E-state index in [9.17, 15) is 22.8 Å². The number of piperidine rings is 1. The third kappa shape index (κ3) is 6.73. The number of carbonyl (C=O) groups excluding carboxylic acids is 2. The van der Waals surface area contributed by atoms with Crippen LogP contribution in [0.3, 0.4) is 0 Å². The van der Waals surface area contributed by atoms with E-state index in [1.165, 1.54) is 37.1 Å². The molecule has 1 aliphatic rings. The molecule has 0 saturated carbocycles. The number of benzene rings is 2. The van der Waals surface area contributed by atoms with Crippen molar-refractivity contribution in [2.24, 2.45) is 0 Å². The van der Waals surface area contributed by atoms with Crippen LogP contribution in [0.4, 0.5) is 24.5 Å². The van der Waals surface area contributed by atoms with Crippen LogP contribution in [0, 0.1) is 0 Å². The van der Waals surface area contributed by atoms with E-state index in [-0.39, 0.29) is 5.69 Å². The lowest BCUT2D eigenvalue weighted by Gasteiger charge is -2.28. The van der Waals surface area contributed by atoms with Gasteiger partial charge in [-0.05, 0) is 68.0 Å². The Balaban J connectivity index is 1.40. The number of halogens is 3. The normalized spacial score (nSPS) is 14.2. The topological polar surface area (TPSA) is 61.4 Å². The van der Waals surface area contributed by atoms with Crippen molar-refractivity contribution in [1.29, 1.82) is 0 Å². The number of alkyl halides is 3. The van der Waals surface area contributed by atoms with Gasteiger partial charge in [-0.25, -0.2) is 0 Å². The summed E-state index contributed by atoms with van der Waals surface area (Å²) in [7, 11) is 0. The Morgan fingerprint density at radius 2 is 1.65 bits per heavy atom. The van der Waals surface area contributed by atoms with E-state index in [2.05, 4.69) is 39.8 Å². The molecule has 1 saturated heterocycles. The van der Waals surface area contributed by atoms with E-state index in [1.807, 2.05) is 0 Å². The molecule has 2 N–H and O–H groups in total. The first kappa shape index (κ1) is 22.7. The maximum atomic E-state index is 12.7. The van der Waals surface area contributed by atoms with Gasteiger partial charge in [0.2, 0.25) is 0 Å². The number of anilines is 2. The minimum absolute atomic E-state index is 0.0798. The predicted molar refractivity (Wildman–Crippen MR) is 114 cm³/mol. The van der Waals surface area contributed by atoms with E-state index < -0.39 is 23.6 Å². The van der Waals surface area contributed by atoms with Gasteiger partial charge in [-0.3, -0.25) is 9.59 Å². The zero-order valence-corrected chi connectivity index (χ0v) is 17.2. The molecule has 0 bridgehead atoms. The summed E-state index contributed by atoms with van der Waals surface area (Å²) in [5.74, 6) is -1.87. The molecule has 1 fully saturated rings. The Kier molecular flexibility index (Phi) is 7.55. The number of hydrogen-bond donors (Lipinski definition) is 2. The summed E-state index contributed by atoms with van der Waals surface area (Å²) in [6, 6.07) is 12.5. The molecule has 1 aliphatic heterocycles. The van der Waals surface area contributed by atoms with E-state index in [4.69, 9.17) is 0 Å². The molecule has 2 amide bonds. The van der Waals surface area contributed by atoms with Crippen LogP contribution in [-0.2, 0) is 22.2 Å². The highest BCUT2D eigenvalue weighted by molar-refractivity contribution is 6.39. The molecular weight excluding hydrogens is 407 g/mol. The third-order valence-corrected chi connectivity index (χ3v) is 5.24. The van der Waals surface area contributed by atoms with E-state index in [0.717, 1.165) is 37.2 Å². The average Bonchev–Trinajstić information content (AvgIpc) is 2.77. The summed E-state index contributed by atoms with van der Waals surface area (Å²) >= 11 is 0. The number of aryl methyl sites for hydroxylation is 1. The largest absolute Gasteiger partial charge is 0.416 e. The number of rotatable bonds is 6. The number of hydrogen-bond acceptors (Lipinski definition) is 3. The van der Waals surface area contributed by atoms with Gasteiger partial charge in [0.1, 0.15) is 0 Å². The minimum Gasteiger partial charge on any atom is -0.372 e. The van der Waals surface area contributed by atoms with Crippen LogP contribution in [0.25, 0.3) is 0 Å². The van der Waals surface area contributed by atoms with Gasteiger partial charge in [0, 0.05) is 31.0 Å². The molecule has 0 unspecified atom stereocenters. The maximum absolute atomic E-state index is 12.7. The maximum Gasteiger partial charge on any atom is 0.416 e. The first-order valence-corrected chi connectivity index (χ1v) is 10.4. The second-order valence-electron chi connectivity index (χ2n) is 7.61. The van der Waals surface area contributed by atoms with E-state index >= 15 is 0 Å². The minimum atomic E-state index is -4.52. The molecule has 3 rings (SSSR count). The van der Waals surface area contributed by atoms with Gasteiger partial charge in [0.05, 0.1) is 5.56 Å². The molecule has 2 aromatic rings. The Morgan fingerprint density at radius 1 is 0.935 bits per heavy atom. The molecule has 1 heterocycles. The Labute approximate surface area is 179 Å². The SMILES string of the molecule is O=C(NCCCc1ccc(N2CCCCC2)cc1)C(=O)Nc1cccc(C(F)(F)F)c1. The molecule has 31 heavy (non-hydrogen) atoms. The van der Waals surface area contributed by atoms with Gasteiger partial charge in [-0.1, -0.05) is 18.2 Å². The number of nitrogens with one attached hydrogen (secondary N) is 2. The quantitative estimate of drug-likeness (QED) is 0.525. The second kappa shape index (κ2) is 10.3. The van der Waals surface area contributed by atoms with Crippen LogP contribution >= 0.6 is 0 Å². The molecule has 0 aliphatic carbocycles. The third-order valence-electron chi connectivity index (χ3n) is 5.24. The Morgan fingerprint density at radius 3 is 2.32 bits per heavy atom. The van der Waals surface area contributed by atoms with Gasteiger partial charge in [0.25, 0.3) is 0 Å². The van der Waals surface area contributed by atoms with Crippen molar-refractivity contribution < 1.29 is 22.8 Å². The standard InChI is InChI=1S/C23H26F3N3O2/c24-23(25,26)18-7-4-8-19(16-18)28-22(31)21(30)27-13-5-6-17-9-11-20(12-10-17)29-14-2-1-3-15-29/h4,7-12,16H,1-3,5-6,13-15H2,(H,27,30)(H,28,31). The van der Waals surface area contributed by atoms with E-state index in [0.29, 0.717) is 13.0 Å². The fraction of sp³-hybridized carbons (Fsp3) is 0.391. The Hall–Kier alpha value is -3.03. The average molecular weight is 433 g/mol. The molecule has 0 aromatic heterocycles. The summed E-state index contributed by atoms with van der Waals surface area (Å²) in [5, 5.41) is 4.69. The van der Waals surface area contributed by atoms with Gasteiger partial charge in [0.15, 0.2) is 0 Å². The highest BCUT2D eigenvalue weighted by Gasteiger charge is 2.30. The van der Waals surface area contributed by atoms with Crippen LogP contribution in [0.15, 0.2) is 48.5 Å². The lowest BCUT2D eigenvalue weighted by Crippen LogP contribution is -2.36.